The molecule has 0 saturated heterocycles. The van der Waals surface area contributed by atoms with Gasteiger partial charge in [-0.3, -0.25) is 15.0 Å². The molecule has 0 amide bonds. The number of hydrazone groups is 1. The first-order valence-corrected chi connectivity index (χ1v) is 3.33. The molecule has 0 N–H and O–H groups in total. The predicted molar refractivity (Wildman–Crippen MR) is 39.4 cm³/mol. The molecule has 1 rings (SSSR count). The Labute approximate surface area is 64.2 Å². The van der Waals surface area contributed by atoms with Crippen LogP contribution >= 0.6 is 0 Å². The summed E-state index contributed by atoms with van der Waals surface area (Å²) in [4.78, 5) is 11.6. The van der Waals surface area contributed by atoms with Crippen molar-refractivity contribution in [3.8, 4) is 0 Å². The standard InChI is InChI=1S/C5H10N4O2/c1-3-8-4-6-7(2)5(8)9(10)11/h4-5H,3H2,1-2H3. The summed E-state index contributed by atoms with van der Waals surface area (Å²) in [5.74, 6) is 0. The van der Waals surface area contributed by atoms with Gasteiger partial charge in [0.15, 0.2) is 0 Å². The molecule has 62 valence electrons. The third kappa shape index (κ3) is 1.24. The molecule has 6 nitrogen and oxygen atoms in total. The first-order valence-electron chi connectivity index (χ1n) is 3.33. The topological polar surface area (TPSA) is 62.0 Å². The lowest BCUT2D eigenvalue weighted by molar-refractivity contribution is -0.569. The Morgan fingerprint density at radius 2 is 2.45 bits per heavy atom. The quantitative estimate of drug-likeness (QED) is 0.411. The largest absolute Gasteiger partial charge is 0.383 e. The minimum atomic E-state index is -0.819. The molecule has 0 aromatic heterocycles. The van der Waals surface area contributed by atoms with Crippen LogP contribution in [0, 0.1) is 10.1 Å². The molecule has 0 aromatic carbocycles. The fraction of sp³-hybridized carbons (Fsp3) is 0.800. The average Bonchev–Trinajstić information content (AvgIpc) is 2.30. The van der Waals surface area contributed by atoms with Gasteiger partial charge < -0.3 is 0 Å². The smallest absolute Gasteiger partial charge is 0.279 e. The number of hydrogen-bond donors (Lipinski definition) is 0. The SMILES string of the molecule is CCN1C=NN(C)C1[N+](=O)[O-]. The molecule has 0 aromatic rings. The van der Waals surface area contributed by atoms with Crippen LogP contribution in [0.25, 0.3) is 0 Å². The van der Waals surface area contributed by atoms with E-state index in [4.69, 9.17) is 0 Å². The van der Waals surface area contributed by atoms with E-state index in [1.165, 1.54) is 11.3 Å². The van der Waals surface area contributed by atoms with Crippen molar-refractivity contribution in [2.24, 2.45) is 5.10 Å². The van der Waals surface area contributed by atoms with Crippen molar-refractivity contribution in [2.75, 3.05) is 13.6 Å². The van der Waals surface area contributed by atoms with Gasteiger partial charge in [0.25, 0.3) is 0 Å². The van der Waals surface area contributed by atoms with Gasteiger partial charge in [-0.1, -0.05) is 0 Å². The molecule has 0 spiro atoms. The van der Waals surface area contributed by atoms with Crippen LogP contribution in [0.4, 0.5) is 0 Å². The van der Waals surface area contributed by atoms with Gasteiger partial charge in [-0.15, -0.1) is 0 Å². The Bertz CT molecular complexity index is 193. The van der Waals surface area contributed by atoms with Gasteiger partial charge in [-0.25, -0.2) is 5.01 Å². The molecule has 1 heterocycles. The zero-order chi connectivity index (χ0) is 8.43. The number of hydrogen-bond acceptors (Lipinski definition) is 5. The van der Waals surface area contributed by atoms with E-state index in [0.717, 1.165) is 0 Å². The van der Waals surface area contributed by atoms with Crippen molar-refractivity contribution >= 4 is 6.34 Å². The second-order valence-electron chi connectivity index (χ2n) is 2.27. The Morgan fingerprint density at radius 3 is 2.82 bits per heavy atom. The van der Waals surface area contributed by atoms with Gasteiger partial charge in [0.05, 0.1) is 4.92 Å². The molecule has 11 heavy (non-hydrogen) atoms. The molecule has 0 radical (unpaired) electrons. The van der Waals surface area contributed by atoms with E-state index in [1.54, 1.807) is 11.9 Å². The average molecular weight is 158 g/mol. The molecule has 6 heteroatoms. The van der Waals surface area contributed by atoms with Crippen molar-refractivity contribution in [3.63, 3.8) is 0 Å². The maximum Gasteiger partial charge on any atom is 0.383 e. The van der Waals surface area contributed by atoms with Gasteiger partial charge in [-0.05, 0) is 6.92 Å². The highest BCUT2D eigenvalue weighted by molar-refractivity contribution is 5.56. The summed E-state index contributed by atoms with van der Waals surface area (Å²) in [6, 6.07) is 0. The minimum Gasteiger partial charge on any atom is -0.279 e. The third-order valence-corrected chi connectivity index (χ3v) is 1.57. The summed E-state index contributed by atoms with van der Waals surface area (Å²) in [7, 11) is 1.58. The lowest BCUT2D eigenvalue weighted by Gasteiger charge is -2.18. The molecule has 0 aliphatic carbocycles. The maximum absolute atomic E-state index is 10.4. The highest BCUT2D eigenvalue weighted by Gasteiger charge is 2.33. The number of nitrogens with zero attached hydrogens (tertiary/aromatic N) is 4. The van der Waals surface area contributed by atoms with Crippen molar-refractivity contribution in [1.82, 2.24) is 9.91 Å². The minimum absolute atomic E-state index is 0.365. The van der Waals surface area contributed by atoms with Crippen LogP contribution in [0.3, 0.4) is 0 Å². The van der Waals surface area contributed by atoms with Crippen LogP contribution < -0.4 is 0 Å². The maximum atomic E-state index is 10.4. The molecule has 0 bridgehead atoms. The summed E-state index contributed by atoms with van der Waals surface area (Å²) in [6.07, 6.45) is 0.660. The fourth-order valence-electron chi connectivity index (χ4n) is 0.984. The molecule has 0 saturated carbocycles. The summed E-state index contributed by atoms with van der Waals surface area (Å²) in [6.45, 7) is 2.45. The van der Waals surface area contributed by atoms with E-state index in [0.29, 0.717) is 6.54 Å². The van der Waals surface area contributed by atoms with E-state index in [2.05, 4.69) is 5.10 Å². The van der Waals surface area contributed by atoms with Gasteiger partial charge in [-0.2, -0.15) is 5.10 Å². The van der Waals surface area contributed by atoms with Gasteiger partial charge >= 0.3 is 6.29 Å². The molecular weight excluding hydrogens is 148 g/mol. The van der Waals surface area contributed by atoms with Crippen molar-refractivity contribution in [2.45, 2.75) is 13.2 Å². The summed E-state index contributed by atoms with van der Waals surface area (Å²) < 4.78 is 0. The zero-order valence-corrected chi connectivity index (χ0v) is 6.47. The van der Waals surface area contributed by atoms with Gasteiger partial charge in [0.1, 0.15) is 6.34 Å². The van der Waals surface area contributed by atoms with E-state index >= 15 is 0 Å². The Balaban J connectivity index is 2.69. The van der Waals surface area contributed by atoms with Crippen LogP contribution in [-0.4, -0.2) is 41.1 Å². The third-order valence-electron chi connectivity index (χ3n) is 1.57. The Morgan fingerprint density at radius 1 is 1.82 bits per heavy atom. The molecule has 1 aliphatic rings. The van der Waals surface area contributed by atoms with Gasteiger partial charge in [0.2, 0.25) is 0 Å². The van der Waals surface area contributed by atoms with Crippen molar-refractivity contribution in [1.29, 1.82) is 0 Å². The zero-order valence-electron chi connectivity index (χ0n) is 6.47. The van der Waals surface area contributed by atoms with Crippen molar-refractivity contribution < 1.29 is 4.92 Å². The molecular formula is C5H10N4O2. The predicted octanol–water partition coefficient (Wildman–Crippen LogP) is -0.243. The highest BCUT2D eigenvalue weighted by Crippen LogP contribution is 2.09. The lowest BCUT2D eigenvalue weighted by atomic mass is 10.6. The van der Waals surface area contributed by atoms with Crippen LogP contribution in [0.1, 0.15) is 6.92 Å². The number of rotatable bonds is 2. The second kappa shape index (κ2) is 2.73. The first kappa shape index (κ1) is 7.77. The summed E-state index contributed by atoms with van der Waals surface area (Å²) >= 11 is 0. The molecule has 0 fully saturated rings. The fourth-order valence-corrected chi connectivity index (χ4v) is 0.984. The van der Waals surface area contributed by atoms with Crippen LogP contribution in [-0.2, 0) is 0 Å². The molecule has 1 unspecified atom stereocenters. The van der Waals surface area contributed by atoms with E-state index in [9.17, 15) is 10.1 Å². The van der Waals surface area contributed by atoms with E-state index in [1.807, 2.05) is 6.92 Å². The van der Waals surface area contributed by atoms with Crippen LogP contribution in [0.2, 0.25) is 0 Å². The second-order valence-corrected chi connectivity index (χ2v) is 2.27. The van der Waals surface area contributed by atoms with Crippen LogP contribution in [0.5, 0.6) is 0 Å². The highest BCUT2D eigenvalue weighted by atomic mass is 16.6. The van der Waals surface area contributed by atoms with Crippen molar-refractivity contribution in [3.05, 3.63) is 10.1 Å². The monoisotopic (exact) mass is 158 g/mol. The molecule has 1 atom stereocenters. The van der Waals surface area contributed by atoms with Gasteiger partial charge in [0, 0.05) is 13.6 Å². The van der Waals surface area contributed by atoms with E-state index < -0.39 is 6.29 Å². The Kier molecular flexibility index (Phi) is 1.93. The first-order chi connectivity index (χ1) is 5.16. The number of nitro groups is 1. The lowest BCUT2D eigenvalue weighted by Crippen LogP contribution is -2.43. The van der Waals surface area contributed by atoms with E-state index in [-0.39, 0.29) is 4.92 Å². The van der Waals surface area contributed by atoms with Crippen LogP contribution in [0.15, 0.2) is 5.10 Å². The Hall–Kier alpha value is -1.33. The summed E-state index contributed by atoms with van der Waals surface area (Å²) in [5.41, 5.74) is 0. The molecule has 1 aliphatic heterocycles. The normalized spacial score (nSPS) is 22.9. The summed E-state index contributed by atoms with van der Waals surface area (Å²) in [5, 5.41) is 15.5.